The van der Waals surface area contributed by atoms with Gasteiger partial charge in [-0.1, -0.05) is 24.3 Å². The highest BCUT2D eigenvalue weighted by molar-refractivity contribution is 7.99. The Morgan fingerprint density at radius 1 is 1.29 bits per heavy atom. The molecule has 1 N–H and O–H groups in total. The van der Waals surface area contributed by atoms with Gasteiger partial charge in [0.25, 0.3) is 0 Å². The highest BCUT2D eigenvalue weighted by Crippen LogP contribution is 2.37. The van der Waals surface area contributed by atoms with Crippen molar-refractivity contribution in [1.82, 2.24) is 5.32 Å². The molecule has 2 aromatic rings. The van der Waals surface area contributed by atoms with E-state index in [9.17, 15) is 4.39 Å². The van der Waals surface area contributed by atoms with Gasteiger partial charge in [0.05, 0.1) is 11.6 Å². The number of nitriles is 1. The summed E-state index contributed by atoms with van der Waals surface area (Å²) in [5, 5.41) is 12.4. The molecular formula is C17H15FN2S. The average molecular weight is 298 g/mol. The summed E-state index contributed by atoms with van der Waals surface area (Å²) in [6.45, 7) is 0.681. The lowest BCUT2D eigenvalue weighted by Gasteiger charge is -2.26. The number of nitrogens with one attached hydrogen (secondary N) is 1. The number of fused-ring (bicyclic) bond motifs is 1. The molecule has 0 aliphatic carbocycles. The van der Waals surface area contributed by atoms with Crippen molar-refractivity contribution in [3.8, 4) is 6.07 Å². The molecule has 1 unspecified atom stereocenters. The van der Waals surface area contributed by atoms with Crippen LogP contribution >= 0.6 is 11.8 Å². The van der Waals surface area contributed by atoms with Gasteiger partial charge in [-0.2, -0.15) is 5.26 Å². The Morgan fingerprint density at radius 3 is 3.00 bits per heavy atom. The zero-order valence-electron chi connectivity index (χ0n) is 11.5. The third-order valence-corrected chi connectivity index (χ3v) is 4.79. The molecule has 1 aliphatic rings. The maximum absolute atomic E-state index is 13.8. The lowest BCUT2D eigenvalue weighted by molar-refractivity contribution is 0.496. The summed E-state index contributed by atoms with van der Waals surface area (Å²) in [6, 6.07) is 15.2. The van der Waals surface area contributed by atoms with E-state index in [-0.39, 0.29) is 11.9 Å². The zero-order valence-corrected chi connectivity index (χ0v) is 12.3. The van der Waals surface area contributed by atoms with Crippen LogP contribution in [0.4, 0.5) is 4.39 Å². The Labute approximate surface area is 128 Å². The van der Waals surface area contributed by atoms with E-state index < -0.39 is 0 Å². The first-order valence-corrected chi connectivity index (χ1v) is 7.90. The molecule has 0 radical (unpaired) electrons. The molecule has 0 saturated carbocycles. The van der Waals surface area contributed by atoms with Crippen molar-refractivity contribution in [2.45, 2.75) is 23.9 Å². The number of halogens is 1. The number of hydrogen-bond acceptors (Lipinski definition) is 3. The second-order valence-corrected chi connectivity index (χ2v) is 6.15. The summed E-state index contributed by atoms with van der Waals surface area (Å²) in [5.41, 5.74) is 2.79. The predicted molar refractivity (Wildman–Crippen MR) is 82.5 cm³/mol. The minimum absolute atomic E-state index is 0.129. The first-order chi connectivity index (χ1) is 10.3. The molecule has 2 nitrogen and oxygen atoms in total. The maximum atomic E-state index is 13.8. The molecule has 0 aromatic heterocycles. The van der Waals surface area contributed by atoms with Gasteiger partial charge in [-0.25, -0.2) is 4.39 Å². The third-order valence-electron chi connectivity index (χ3n) is 3.63. The minimum atomic E-state index is -0.129. The number of thioether (sulfide) groups is 1. The summed E-state index contributed by atoms with van der Waals surface area (Å²) >= 11 is 1.59. The fourth-order valence-corrected chi connectivity index (χ4v) is 3.73. The SMILES string of the molecule is N#Cc1cccc(CNC2CCSc3c(F)cccc32)c1. The average Bonchev–Trinajstić information content (AvgIpc) is 2.53. The third kappa shape index (κ3) is 3.10. The topological polar surface area (TPSA) is 35.8 Å². The summed E-state index contributed by atoms with van der Waals surface area (Å²) in [4.78, 5) is 0.770. The van der Waals surface area contributed by atoms with Gasteiger partial charge in [0.1, 0.15) is 5.82 Å². The van der Waals surface area contributed by atoms with Crippen LogP contribution in [-0.2, 0) is 6.54 Å². The van der Waals surface area contributed by atoms with Crippen molar-refractivity contribution in [2.24, 2.45) is 0 Å². The number of benzene rings is 2. The number of nitrogens with zero attached hydrogens (tertiary/aromatic N) is 1. The summed E-state index contributed by atoms with van der Waals surface area (Å²) in [7, 11) is 0. The van der Waals surface area contributed by atoms with Gasteiger partial charge >= 0.3 is 0 Å². The normalized spacial score (nSPS) is 17.0. The lowest BCUT2D eigenvalue weighted by atomic mass is 10.0. The quantitative estimate of drug-likeness (QED) is 0.929. The van der Waals surface area contributed by atoms with Gasteiger partial charge in [0.15, 0.2) is 0 Å². The Kier molecular flexibility index (Phi) is 4.23. The highest BCUT2D eigenvalue weighted by atomic mass is 32.2. The molecule has 1 heterocycles. The Bertz CT molecular complexity index is 693. The molecule has 0 bridgehead atoms. The van der Waals surface area contributed by atoms with Gasteiger partial charge < -0.3 is 5.32 Å². The Hall–Kier alpha value is -1.83. The van der Waals surface area contributed by atoms with Crippen LogP contribution in [0.1, 0.15) is 29.2 Å². The van der Waals surface area contributed by atoms with E-state index in [1.165, 1.54) is 6.07 Å². The molecule has 0 spiro atoms. The van der Waals surface area contributed by atoms with Crippen molar-refractivity contribution in [1.29, 1.82) is 5.26 Å². The van der Waals surface area contributed by atoms with E-state index in [1.807, 2.05) is 24.3 Å². The molecule has 21 heavy (non-hydrogen) atoms. The van der Waals surface area contributed by atoms with E-state index in [4.69, 9.17) is 5.26 Å². The van der Waals surface area contributed by atoms with Gasteiger partial charge in [0, 0.05) is 17.5 Å². The molecule has 3 rings (SSSR count). The van der Waals surface area contributed by atoms with Crippen LogP contribution in [0.15, 0.2) is 47.4 Å². The fourth-order valence-electron chi connectivity index (χ4n) is 2.59. The molecule has 1 atom stereocenters. The largest absolute Gasteiger partial charge is 0.306 e. The molecule has 4 heteroatoms. The Balaban J connectivity index is 1.75. The van der Waals surface area contributed by atoms with Crippen LogP contribution in [0.3, 0.4) is 0 Å². The molecule has 1 aliphatic heterocycles. The zero-order chi connectivity index (χ0) is 14.7. The van der Waals surface area contributed by atoms with E-state index >= 15 is 0 Å². The van der Waals surface area contributed by atoms with Crippen LogP contribution in [0.5, 0.6) is 0 Å². The van der Waals surface area contributed by atoms with Gasteiger partial charge in [-0.05, 0) is 41.5 Å². The standard InChI is InChI=1S/C17H15FN2S/c18-15-6-2-5-14-16(7-8-21-17(14)15)20-11-13-4-1-3-12(9-13)10-19/h1-6,9,16,20H,7-8,11H2. The minimum Gasteiger partial charge on any atom is -0.306 e. The van der Waals surface area contributed by atoms with Gasteiger partial charge in [-0.15, -0.1) is 11.8 Å². The Morgan fingerprint density at radius 2 is 2.14 bits per heavy atom. The van der Waals surface area contributed by atoms with Crippen molar-refractivity contribution in [3.05, 3.63) is 65.0 Å². The molecule has 0 saturated heterocycles. The summed E-state index contributed by atoms with van der Waals surface area (Å²) in [6.07, 6.45) is 0.985. The number of hydrogen-bond donors (Lipinski definition) is 1. The van der Waals surface area contributed by atoms with Crippen molar-refractivity contribution >= 4 is 11.8 Å². The van der Waals surface area contributed by atoms with Gasteiger partial charge in [0.2, 0.25) is 0 Å². The molecular weight excluding hydrogens is 283 g/mol. The predicted octanol–water partition coefficient (Wildman–Crippen LogP) is 4.02. The maximum Gasteiger partial charge on any atom is 0.137 e. The van der Waals surface area contributed by atoms with E-state index in [0.29, 0.717) is 12.1 Å². The fraction of sp³-hybridized carbons (Fsp3) is 0.235. The van der Waals surface area contributed by atoms with E-state index in [0.717, 1.165) is 28.2 Å². The summed E-state index contributed by atoms with van der Waals surface area (Å²) < 4.78 is 13.8. The van der Waals surface area contributed by atoms with Crippen LogP contribution in [0.2, 0.25) is 0 Å². The van der Waals surface area contributed by atoms with Crippen LogP contribution in [0.25, 0.3) is 0 Å². The monoisotopic (exact) mass is 298 g/mol. The smallest absolute Gasteiger partial charge is 0.137 e. The lowest BCUT2D eigenvalue weighted by Crippen LogP contribution is -2.24. The van der Waals surface area contributed by atoms with Crippen LogP contribution in [0, 0.1) is 17.1 Å². The van der Waals surface area contributed by atoms with Crippen molar-refractivity contribution in [3.63, 3.8) is 0 Å². The van der Waals surface area contributed by atoms with Crippen molar-refractivity contribution < 1.29 is 4.39 Å². The van der Waals surface area contributed by atoms with Gasteiger partial charge in [-0.3, -0.25) is 0 Å². The van der Waals surface area contributed by atoms with Crippen molar-refractivity contribution in [2.75, 3.05) is 5.75 Å². The molecule has 0 fully saturated rings. The second kappa shape index (κ2) is 6.30. The highest BCUT2D eigenvalue weighted by Gasteiger charge is 2.22. The van der Waals surface area contributed by atoms with Crippen LogP contribution < -0.4 is 5.32 Å². The first-order valence-electron chi connectivity index (χ1n) is 6.91. The molecule has 2 aromatic carbocycles. The summed E-state index contributed by atoms with van der Waals surface area (Å²) in [5.74, 6) is 0.791. The van der Waals surface area contributed by atoms with E-state index in [2.05, 4.69) is 11.4 Å². The number of rotatable bonds is 3. The van der Waals surface area contributed by atoms with Crippen LogP contribution in [-0.4, -0.2) is 5.75 Å². The van der Waals surface area contributed by atoms with E-state index in [1.54, 1.807) is 23.9 Å². The molecule has 0 amide bonds. The molecule has 106 valence electrons. The first kappa shape index (κ1) is 14.1. The second-order valence-electron chi connectivity index (χ2n) is 5.04.